The lowest BCUT2D eigenvalue weighted by molar-refractivity contribution is -0.126. The number of fused-ring (bicyclic) bond motifs is 2. The molecular formula is C29H29ClN8O4. The molecule has 2 fully saturated rings. The molecule has 3 aliphatic rings. The van der Waals surface area contributed by atoms with E-state index in [-0.39, 0.29) is 18.5 Å². The Labute approximate surface area is 245 Å². The maximum Gasteiger partial charge on any atom is 0.405 e. The molecule has 1 aliphatic carbocycles. The maximum absolute atomic E-state index is 13.4. The Balaban J connectivity index is 1.34. The number of hydrogen-bond donors (Lipinski definition) is 4. The third-order valence-corrected chi connectivity index (χ3v) is 8.47. The van der Waals surface area contributed by atoms with Gasteiger partial charge in [-0.25, -0.2) is 19.7 Å². The molecule has 1 saturated heterocycles. The number of imidazole rings is 1. The van der Waals surface area contributed by atoms with Crippen LogP contribution in [-0.2, 0) is 17.8 Å². The van der Waals surface area contributed by atoms with Crippen molar-refractivity contribution in [1.82, 2.24) is 30.2 Å². The molecule has 2 aliphatic heterocycles. The summed E-state index contributed by atoms with van der Waals surface area (Å²) in [5.74, 6) is 0.867. The van der Waals surface area contributed by atoms with Crippen molar-refractivity contribution < 1.29 is 19.4 Å². The van der Waals surface area contributed by atoms with E-state index in [1.165, 1.54) is 6.33 Å². The zero-order valence-electron chi connectivity index (χ0n) is 22.6. The summed E-state index contributed by atoms with van der Waals surface area (Å²) >= 11 is 6.76. The van der Waals surface area contributed by atoms with Crippen molar-refractivity contribution in [1.29, 1.82) is 0 Å². The van der Waals surface area contributed by atoms with Gasteiger partial charge in [0.1, 0.15) is 23.1 Å². The second-order valence-corrected chi connectivity index (χ2v) is 11.5. The van der Waals surface area contributed by atoms with Gasteiger partial charge in [0.05, 0.1) is 26.0 Å². The maximum atomic E-state index is 13.4. The number of nitrogen functional groups attached to an aromatic ring is 1. The van der Waals surface area contributed by atoms with E-state index in [4.69, 9.17) is 22.1 Å². The molecule has 2 amide bonds. The van der Waals surface area contributed by atoms with E-state index in [2.05, 4.69) is 31.7 Å². The molecule has 2 aromatic carbocycles. The second-order valence-electron chi connectivity index (χ2n) is 11.1. The minimum Gasteiger partial charge on any atom is -0.493 e. The highest BCUT2D eigenvalue weighted by Gasteiger charge is 2.48. The van der Waals surface area contributed by atoms with Crippen molar-refractivity contribution in [2.75, 3.05) is 30.3 Å². The van der Waals surface area contributed by atoms with Gasteiger partial charge in [0.15, 0.2) is 11.5 Å². The molecule has 1 saturated carbocycles. The van der Waals surface area contributed by atoms with Gasteiger partial charge >= 0.3 is 6.09 Å². The Morgan fingerprint density at radius 2 is 2.05 bits per heavy atom. The van der Waals surface area contributed by atoms with E-state index in [9.17, 15) is 14.7 Å². The van der Waals surface area contributed by atoms with Gasteiger partial charge in [-0.3, -0.25) is 4.79 Å². The van der Waals surface area contributed by atoms with Crippen LogP contribution in [0.1, 0.15) is 30.4 Å². The van der Waals surface area contributed by atoms with E-state index < -0.39 is 11.6 Å². The smallest absolute Gasteiger partial charge is 0.405 e. The van der Waals surface area contributed by atoms with E-state index in [1.807, 2.05) is 33.7 Å². The summed E-state index contributed by atoms with van der Waals surface area (Å²) in [5.41, 5.74) is 10.6. The number of aromatic nitrogens is 4. The van der Waals surface area contributed by atoms with Crippen LogP contribution < -0.4 is 26.0 Å². The summed E-state index contributed by atoms with van der Waals surface area (Å²) in [5, 5.41) is 15.7. The summed E-state index contributed by atoms with van der Waals surface area (Å²) in [7, 11) is 0. The number of anilines is 2. The highest BCUT2D eigenvalue weighted by Crippen LogP contribution is 2.41. The largest absolute Gasteiger partial charge is 0.493 e. The van der Waals surface area contributed by atoms with Crippen LogP contribution in [0, 0.1) is 0 Å². The lowest BCUT2D eigenvalue weighted by atomic mass is 9.95. The van der Waals surface area contributed by atoms with Gasteiger partial charge in [-0.05, 0) is 60.2 Å². The number of carbonyl (C=O) groups is 2. The van der Waals surface area contributed by atoms with Crippen LogP contribution in [-0.4, -0.2) is 67.9 Å². The van der Waals surface area contributed by atoms with Crippen LogP contribution in [0.2, 0.25) is 5.02 Å². The van der Waals surface area contributed by atoms with Crippen LogP contribution in [0.25, 0.3) is 22.3 Å². The van der Waals surface area contributed by atoms with Gasteiger partial charge < -0.3 is 35.7 Å². The molecule has 12 nitrogen and oxygen atoms in total. The van der Waals surface area contributed by atoms with Crippen molar-refractivity contribution in [3.63, 3.8) is 0 Å². The Kier molecular flexibility index (Phi) is 6.30. The summed E-state index contributed by atoms with van der Waals surface area (Å²) in [6.45, 7) is 1.61. The molecule has 216 valence electrons. The van der Waals surface area contributed by atoms with Gasteiger partial charge in [0, 0.05) is 35.3 Å². The number of carboxylic acid groups (broad SMARTS) is 1. The Morgan fingerprint density at radius 3 is 2.86 bits per heavy atom. The summed E-state index contributed by atoms with van der Waals surface area (Å²) in [4.78, 5) is 40.2. The minimum atomic E-state index is -1.29. The molecule has 0 bridgehead atoms. The highest BCUT2D eigenvalue weighted by molar-refractivity contribution is 6.31. The molecule has 42 heavy (non-hydrogen) atoms. The molecule has 0 spiro atoms. The topological polar surface area (TPSA) is 161 Å². The first-order chi connectivity index (χ1) is 20.3. The monoisotopic (exact) mass is 588 g/mol. The van der Waals surface area contributed by atoms with Crippen molar-refractivity contribution in [2.24, 2.45) is 0 Å². The fourth-order valence-corrected chi connectivity index (χ4v) is 6.20. The van der Waals surface area contributed by atoms with E-state index in [0.717, 1.165) is 53.0 Å². The molecule has 4 heterocycles. The first-order valence-corrected chi connectivity index (χ1v) is 14.2. The number of nitrogens with zero attached hydrogens (tertiary/aromatic N) is 5. The van der Waals surface area contributed by atoms with Crippen LogP contribution >= 0.6 is 11.6 Å². The van der Waals surface area contributed by atoms with Crippen LogP contribution in [0.15, 0.2) is 43.0 Å². The van der Waals surface area contributed by atoms with Crippen molar-refractivity contribution in [3.05, 3.63) is 59.1 Å². The molecule has 4 aromatic rings. The lowest BCUT2D eigenvalue weighted by Gasteiger charge is -2.30. The molecular weight excluding hydrogens is 560 g/mol. The van der Waals surface area contributed by atoms with E-state index in [1.54, 1.807) is 6.33 Å². The van der Waals surface area contributed by atoms with E-state index in [0.29, 0.717) is 48.1 Å². The molecule has 0 radical (unpaired) electrons. The number of carbonyl (C=O) groups excluding carboxylic acids is 1. The van der Waals surface area contributed by atoms with Crippen LogP contribution in [0.5, 0.6) is 5.75 Å². The van der Waals surface area contributed by atoms with Gasteiger partial charge in [0.2, 0.25) is 5.91 Å². The average molecular weight is 589 g/mol. The highest BCUT2D eigenvalue weighted by atomic mass is 35.5. The lowest BCUT2D eigenvalue weighted by Crippen LogP contribution is -2.60. The fraction of sp³-hybridized carbons (Fsp3) is 0.345. The van der Waals surface area contributed by atoms with Crippen molar-refractivity contribution >= 4 is 46.3 Å². The number of ether oxygens (including phenoxy) is 1. The first-order valence-electron chi connectivity index (χ1n) is 13.9. The summed E-state index contributed by atoms with van der Waals surface area (Å²) < 4.78 is 7.64. The van der Waals surface area contributed by atoms with Gasteiger partial charge in [-0.15, -0.1) is 0 Å². The number of benzene rings is 2. The number of amides is 2. The van der Waals surface area contributed by atoms with Crippen LogP contribution in [0.3, 0.4) is 0 Å². The Hall–Kier alpha value is -4.58. The summed E-state index contributed by atoms with van der Waals surface area (Å²) in [6, 6.07) is 10.0. The quantitative estimate of drug-likeness (QED) is 0.254. The first kappa shape index (κ1) is 26.3. The standard InChI is InChI=1S/C29H29ClN8O4/c30-18-10-20(16-1-4-23-17(9-16)5-8-42-23)21(12-38-15-34-24-25(31)32-14-33-26(24)38)22(11-18)37-7-6-29(13-37,36-28(40)41)27(39)35-19-2-3-19/h1,4,9-11,14-15,19,36H,2-3,5-8,12-13H2,(H,35,39)(H,40,41)(H2,31,32,33)/t29-/m1/s1. The molecule has 7 rings (SSSR count). The second kappa shape index (κ2) is 10.1. The predicted molar refractivity (Wildman–Crippen MR) is 157 cm³/mol. The summed E-state index contributed by atoms with van der Waals surface area (Å²) in [6.07, 6.45) is 4.78. The van der Waals surface area contributed by atoms with E-state index >= 15 is 0 Å². The normalized spacial score (nSPS) is 19.5. The zero-order valence-corrected chi connectivity index (χ0v) is 23.4. The Morgan fingerprint density at radius 1 is 1.19 bits per heavy atom. The van der Waals surface area contributed by atoms with Gasteiger partial charge in [-0.2, -0.15) is 0 Å². The van der Waals surface area contributed by atoms with Crippen molar-refractivity contribution in [3.8, 4) is 16.9 Å². The number of rotatable bonds is 7. The number of nitrogens with one attached hydrogen (secondary N) is 2. The van der Waals surface area contributed by atoms with Crippen molar-refractivity contribution in [2.45, 2.75) is 43.8 Å². The third-order valence-electron chi connectivity index (χ3n) is 8.25. The average Bonchev–Trinajstić information content (AvgIpc) is 3.33. The predicted octanol–water partition coefficient (Wildman–Crippen LogP) is 3.21. The van der Waals surface area contributed by atoms with Gasteiger partial charge in [-0.1, -0.05) is 17.7 Å². The SMILES string of the molecule is Nc1ncnc2c1ncn2Cc1c(-c2ccc3c(c2)CCO3)cc(Cl)cc1N1CC[C@](NC(=O)O)(C(=O)NC2CC2)C1. The molecule has 2 aromatic heterocycles. The number of nitrogens with two attached hydrogens (primary N) is 1. The van der Waals surface area contributed by atoms with Gasteiger partial charge in [0.25, 0.3) is 0 Å². The molecule has 13 heteroatoms. The fourth-order valence-electron chi connectivity index (χ4n) is 5.98. The molecule has 0 unspecified atom stereocenters. The number of hydrogen-bond acceptors (Lipinski definition) is 8. The Bertz CT molecular complexity index is 1740. The third kappa shape index (κ3) is 4.71. The zero-order chi connectivity index (χ0) is 29.0. The molecule has 1 atom stereocenters. The minimum absolute atomic E-state index is 0.0973. The number of halogens is 1. The molecule has 5 N–H and O–H groups in total. The van der Waals surface area contributed by atoms with Crippen LogP contribution in [0.4, 0.5) is 16.3 Å².